The van der Waals surface area contributed by atoms with E-state index < -0.39 is 0 Å². The molecule has 3 rings (SSSR count). The van der Waals surface area contributed by atoms with E-state index in [0.717, 1.165) is 36.9 Å². The van der Waals surface area contributed by atoms with Crippen molar-refractivity contribution in [3.05, 3.63) is 30.7 Å². The number of aromatic nitrogens is 4. The Balaban J connectivity index is 1.59. The number of ether oxygens (including phenoxy) is 1. The highest BCUT2D eigenvalue weighted by molar-refractivity contribution is 7.98. The molecule has 116 valence electrons. The summed E-state index contributed by atoms with van der Waals surface area (Å²) in [6, 6.07) is 4.21. The lowest BCUT2D eigenvalue weighted by Gasteiger charge is -2.33. The summed E-state index contributed by atoms with van der Waals surface area (Å²) >= 11 is 1.57. The smallest absolute Gasteiger partial charge is 0.316 e. The molecule has 0 spiro atoms. The summed E-state index contributed by atoms with van der Waals surface area (Å²) in [5.74, 6) is 1.46. The van der Waals surface area contributed by atoms with Crippen LogP contribution in [0.15, 0.2) is 35.9 Å². The lowest BCUT2D eigenvalue weighted by molar-refractivity contribution is 0.214. The van der Waals surface area contributed by atoms with Gasteiger partial charge in [-0.15, -0.1) is 0 Å². The van der Waals surface area contributed by atoms with Crippen molar-refractivity contribution in [2.24, 2.45) is 5.92 Å². The summed E-state index contributed by atoms with van der Waals surface area (Å²) in [7, 11) is 0. The summed E-state index contributed by atoms with van der Waals surface area (Å²) < 4.78 is 5.69. The molecule has 7 heteroatoms. The topological polar surface area (TPSA) is 64.0 Å². The first kappa shape index (κ1) is 15.0. The van der Waals surface area contributed by atoms with Gasteiger partial charge in [0.1, 0.15) is 5.82 Å². The average Bonchev–Trinajstić information content (AvgIpc) is 2.61. The van der Waals surface area contributed by atoms with Gasteiger partial charge in [0, 0.05) is 37.6 Å². The molecule has 1 atom stereocenters. The van der Waals surface area contributed by atoms with Gasteiger partial charge >= 0.3 is 6.01 Å². The maximum absolute atomic E-state index is 5.69. The van der Waals surface area contributed by atoms with Crippen LogP contribution in [0.2, 0.25) is 0 Å². The van der Waals surface area contributed by atoms with Crippen LogP contribution < -0.4 is 9.64 Å². The predicted octanol–water partition coefficient (Wildman–Crippen LogP) is 2.28. The third kappa shape index (κ3) is 3.85. The molecule has 0 bridgehead atoms. The molecule has 0 aliphatic carbocycles. The molecular weight excluding hydrogens is 298 g/mol. The number of hydrogen-bond donors (Lipinski definition) is 0. The minimum absolute atomic E-state index is 0.450. The molecule has 1 saturated heterocycles. The monoisotopic (exact) mass is 317 g/mol. The van der Waals surface area contributed by atoms with E-state index in [4.69, 9.17) is 4.74 Å². The van der Waals surface area contributed by atoms with Crippen molar-refractivity contribution < 1.29 is 4.74 Å². The molecule has 2 aromatic heterocycles. The van der Waals surface area contributed by atoms with Gasteiger partial charge in [0.2, 0.25) is 0 Å². The molecular formula is C15H19N5OS. The van der Waals surface area contributed by atoms with Crippen LogP contribution >= 0.6 is 11.8 Å². The lowest BCUT2D eigenvalue weighted by Crippen LogP contribution is -2.38. The van der Waals surface area contributed by atoms with Crippen molar-refractivity contribution in [3.8, 4) is 6.01 Å². The standard InChI is InChI=1S/C15H19N5OS/c1-22-15-18-8-5-13(19-15)20-9-2-4-12(10-20)11-21-14-16-6-3-7-17-14/h3,5-8,12H,2,4,9-11H2,1H3. The summed E-state index contributed by atoms with van der Waals surface area (Å²) in [5, 5.41) is 0.813. The second kappa shape index (κ2) is 7.40. The second-order valence-electron chi connectivity index (χ2n) is 5.20. The number of piperidine rings is 1. The quantitative estimate of drug-likeness (QED) is 0.619. The van der Waals surface area contributed by atoms with Crippen LogP contribution in [0.4, 0.5) is 5.82 Å². The predicted molar refractivity (Wildman–Crippen MR) is 86.3 cm³/mol. The van der Waals surface area contributed by atoms with Crippen LogP contribution in [-0.2, 0) is 0 Å². The fraction of sp³-hybridized carbons (Fsp3) is 0.467. The number of hydrogen-bond acceptors (Lipinski definition) is 7. The van der Waals surface area contributed by atoms with Gasteiger partial charge in [-0.2, -0.15) is 0 Å². The van der Waals surface area contributed by atoms with E-state index >= 15 is 0 Å². The molecule has 2 aromatic rings. The molecule has 22 heavy (non-hydrogen) atoms. The number of nitrogens with zero attached hydrogens (tertiary/aromatic N) is 5. The zero-order chi connectivity index (χ0) is 15.2. The van der Waals surface area contributed by atoms with Crippen LogP contribution in [0.3, 0.4) is 0 Å². The van der Waals surface area contributed by atoms with E-state index in [9.17, 15) is 0 Å². The van der Waals surface area contributed by atoms with Gasteiger partial charge in [-0.1, -0.05) is 11.8 Å². The Bertz CT molecular complexity index is 597. The molecule has 1 unspecified atom stereocenters. The molecule has 1 aliphatic rings. The van der Waals surface area contributed by atoms with E-state index in [-0.39, 0.29) is 0 Å². The van der Waals surface area contributed by atoms with Gasteiger partial charge in [0.25, 0.3) is 0 Å². The molecule has 1 fully saturated rings. The average molecular weight is 317 g/mol. The molecule has 0 saturated carbocycles. The molecule has 3 heterocycles. The van der Waals surface area contributed by atoms with E-state index in [2.05, 4.69) is 24.8 Å². The SMILES string of the molecule is CSc1nccc(N2CCCC(COc3ncccn3)C2)n1. The third-order valence-corrected chi connectivity index (χ3v) is 4.20. The van der Waals surface area contributed by atoms with Crippen LogP contribution in [0.1, 0.15) is 12.8 Å². The highest BCUT2D eigenvalue weighted by Crippen LogP contribution is 2.23. The fourth-order valence-corrected chi connectivity index (χ4v) is 2.92. The van der Waals surface area contributed by atoms with Gasteiger partial charge in [-0.05, 0) is 31.2 Å². The van der Waals surface area contributed by atoms with Gasteiger partial charge in [-0.3, -0.25) is 0 Å². The van der Waals surface area contributed by atoms with Crippen molar-refractivity contribution in [1.82, 2.24) is 19.9 Å². The minimum Gasteiger partial charge on any atom is -0.463 e. The Morgan fingerprint density at radius 2 is 2.14 bits per heavy atom. The van der Waals surface area contributed by atoms with Crippen LogP contribution in [0, 0.1) is 5.92 Å². The van der Waals surface area contributed by atoms with Crippen molar-refractivity contribution in [2.75, 3.05) is 30.9 Å². The lowest BCUT2D eigenvalue weighted by atomic mass is 9.99. The Morgan fingerprint density at radius 1 is 1.27 bits per heavy atom. The fourth-order valence-electron chi connectivity index (χ4n) is 2.57. The first-order valence-corrected chi connectivity index (χ1v) is 8.59. The van der Waals surface area contributed by atoms with Crippen molar-refractivity contribution in [1.29, 1.82) is 0 Å². The summed E-state index contributed by atoms with van der Waals surface area (Å²) in [6.45, 7) is 2.61. The van der Waals surface area contributed by atoms with E-state index in [1.165, 1.54) is 0 Å². The van der Waals surface area contributed by atoms with Gasteiger partial charge in [0.15, 0.2) is 5.16 Å². The molecule has 1 aliphatic heterocycles. The minimum atomic E-state index is 0.450. The van der Waals surface area contributed by atoms with Gasteiger partial charge in [0.05, 0.1) is 6.61 Å². The Labute approximate surface area is 134 Å². The summed E-state index contributed by atoms with van der Waals surface area (Å²) in [6.07, 6.45) is 9.50. The normalized spacial score (nSPS) is 18.2. The van der Waals surface area contributed by atoms with Crippen LogP contribution in [0.5, 0.6) is 6.01 Å². The highest BCUT2D eigenvalue weighted by atomic mass is 32.2. The number of rotatable bonds is 5. The summed E-state index contributed by atoms with van der Waals surface area (Å²) in [5.41, 5.74) is 0. The molecule has 0 radical (unpaired) electrons. The van der Waals surface area contributed by atoms with Crippen molar-refractivity contribution in [2.45, 2.75) is 18.0 Å². The van der Waals surface area contributed by atoms with Crippen LogP contribution in [-0.4, -0.2) is 45.9 Å². The highest BCUT2D eigenvalue weighted by Gasteiger charge is 2.22. The first-order chi connectivity index (χ1) is 10.8. The van der Waals surface area contributed by atoms with Crippen LogP contribution in [0.25, 0.3) is 0 Å². The zero-order valence-corrected chi connectivity index (χ0v) is 13.4. The van der Waals surface area contributed by atoms with E-state index in [0.29, 0.717) is 18.5 Å². The van der Waals surface area contributed by atoms with Gasteiger partial charge < -0.3 is 9.64 Å². The summed E-state index contributed by atoms with van der Waals surface area (Å²) in [4.78, 5) is 19.3. The van der Waals surface area contributed by atoms with Gasteiger partial charge in [-0.25, -0.2) is 19.9 Å². The van der Waals surface area contributed by atoms with Crippen molar-refractivity contribution in [3.63, 3.8) is 0 Å². The first-order valence-electron chi connectivity index (χ1n) is 7.37. The third-order valence-electron chi connectivity index (χ3n) is 3.63. The van der Waals surface area contributed by atoms with E-state index in [1.54, 1.807) is 30.2 Å². The molecule has 0 N–H and O–H groups in total. The maximum Gasteiger partial charge on any atom is 0.316 e. The molecule has 0 amide bonds. The molecule has 0 aromatic carbocycles. The van der Waals surface area contributed by atoms with E-state index in [1.807, 2.05) is 18.5 Å². The number of thioether (sulfide) groups is 1. The Morgan fingerprint density at radius 3 is 2.95 bits per heavy atom. The Hall–Kier alpha value is -1.89. The maximum atomic E-state index is 5.69. The second-order valence-corrected chi connectivity index (χ2v) is 5.97. The number of anilines is 1. The van der Waals surface area contributed by atoms with Crippen molar-refractivity contribution >= 4 is 17.6 Å². The molecule has 6 nitrogen and oxygen atoms in total. The largest absolute Gasteiger partial charge is 0.463 e. The Kier molecular flexibility index (Phi) is 5.05. The zero-order valence-electron chi connectivity index (χ0n) is 12.6.